The first-order chi connectivity index (χ1) is 9.40. The summed E-state index contributed by atoms with van der Waals surface area (Å²) >= 11 is 0. The third-order valence-corrected chi connectivity index (χ3v) is 3.86. The number of benzene rings is 1. The van der Waals surface area contributed by atoms with Crippen LogP contribution in [0.2, 0.25) is 0 Å². The van der Waals surface area contributed by atoms with Crippen LogP contribution in [-0.4, -0.2) is 24.8 Å². The summed E-state index contributed by atoms with van der Waals surface area (Å²) in [5.41, 5.74) is 1.51. The summed E-state index contributed by atoms with van der Waals surface area (Å²) in [5.74, 6) is 0.930. The number of pyridine rings is 1. The Kier molecular flexibility index (Phi) is 4.06. The second kappa shape index (κ2) is 5.60. The fourth-order valence-electron chi connectivity index (χ4n) is 1.68. The molecule has 1 heterocycles. The molecule has 6 heteroatoms. The average molecular weight is 293 g/mol. The molecule has 0 radical (unpaired) electrons. The van der Waals surface area contributed by atoms with E-state index >= 15 is 0 Å². The van der Waals surface area contributed by atoms with Gasteiger partial charge in [0, 0.05) is 18.0 Å². The topological polar surface area (TPSA) is 76.5 Å². The standard InChI is InChI=1S/C14H15NO4S/c1-10-7-11(9-16)8-15-14(10)19-12-3-5-13(6-4-12)20(2,17)18/h3-8,16H,9H2,1-2H3. The minimum absolute atomic E-state index is 0.0722. The van der Waals surface area contributed by atoms with Crippen molar-refractivity contribution in [3.63, 3.8) is 0 Å². The molecule has 0 fully saturated rings. The van der Waals surface area contributed by atoms with E-state index in [0.29, 0.717) is 17.2 Å². The van der Waals surface area contributed by atoms with Crippen LogP contribution >= 0.6 is 0 Å². The lowest BCUT2D eigenvalue weighted by Gasteiger charge is -2.08. The molecule has 0 spiro atoms. The molecule has 0 unspecified atom stereocenters. The molecule has 0 amide bonds. The van der Waals surface area contributed by atoms with Crippen LogP contribution in [0, 0.1) is 6.92 Å². The summed E-state index contributed by atoms with van der Waals surface area (Å²) < 4.78 is 28.3. The Morgan fingerprint density at radius 1 is 1.25 bits per heavy atom. The van der Waals surface area contributed by atoms with E-state index in [2.05, 4.69) is 4.98 Å². The molecule has 1 aromatic carbocycles. The molecule has 20 heavy (non-hydrogen) atoms. The molecule has 0 bridgehead atoms. The highest BCUT2D eigenvalue weighted by molar-refractivity contribution is 7.90. The van der Waals surface area contributed by atoms with Gasteiger partial charge in [-0.1, -0.05) is 0 Å². The number of aliphatic hydroxyl groups is 1. The summed E-state index contributed by atoms with van der Waals surface area (Å²) in [4.78, 5) is 4.36. The predicted molar refractivity (Wildman–Crippen MR) is 74.5 cm³/mol. The zero-order chi connectivity index (χ0) is 14.8. The van der Waals surface area contributed by atoms with Crippen LogP contribution < -0.4 is 4.74 Å². The summed E-state index contributed by atoms with van der Waals surface area (Å²) in [7, 11) is -3.21. The SMILES string of the molecule is Cc1cc(CO)cnc1Oc1ccc(S(C)(=O)=O)cc1. The Balaban J connectivity index is 2.22. The maximum Gasteiger partial charge on any atom is 0.222 e. The highest BCUT2D eigenvalue weighted by atomic mass is 32.2. The first kappa shape index (κ1) is 14.5. The highest BCUT2D eigenvalue weighted by Gasteiger charge is 2.08. The molecule has 1 aromatic heterocycles. The van der Waals surface area contributed by atoms with Crippen molar-refractivity contribution in [1.82, 2.24) is 4.98 Å². The molecule has 1 N–H and O–H groups in total. The van der Waals surface area contributed by atoms with Crippen LogP contribution in [0.25, 0.3) is 0 Å². The van der Waals surface area contributed by atoms with Gasteiger partial charge in [0.15, 0.2) is 9.84 Å². The lowest BCUT2D eigenvalue weighted by Crippen LogP contribution is -1.97. The van der Waals surface area contributed by atoms with E-state index in [1.54, 1.807) is 18.2 Å². The quantitative estimate of drug-likeness (QED) is 0.934. The maximum absolute atomic E-state index is 11.4. The van der Waals surface area contributed by atoms with Gasteiger partial charge >= 0.3 is 0 Å². The molecule has 0 atom stereocenters. The lowest BCUT2D eigenvalue weighted by atomic mass is 10.2. The number of ether oxygens (including phenoxy) is 1. The van der Waals surface area contributed by atoms with Gasteiger partial charge in [-0.15, -0.1) is 0 Å². The normalized spacial score (nSPS) is 11.3. The van der Waals surface area contributed by atoms with E-state index in [4.69, 9.17) is 9.84 Å². The molecule has 0 aliphatic carbocycles. The number of hydrogen-bond donors (Lipinski definition) is 1. The van der Waals surface area contributed by atoms with Crippen LogP contribution in [0.3, 0.4) is 0 Å². The lowest BCUT2D eigenvalue weighted by molar-refractivity contribution is 0.281. The Bertz CT molecular complexity index is 708. The molecule has 0 saturated carbocycles. The first-order valence-electron chi connectivity index (χ1n) is 5.94. The van der Waals surface area contributed by atoms with Gasteiger partial charge in [-0.25, -0.2) is 13.4 Å². The second-order valence-corrected chi connectivity index (χ2v) is 6.49. The number of aryl methyl sites for hydroxylation is 1. The van der Waals surface area contributed by atoms with E-state index in [1.165, 1.54) is 18.3 Å². The largest absolute Gasteiger partial charge is 0.439 e. The molecule has 106 valence electrons. The number of aliphatic hydroxyl groups excluding tert-OH is 1. The van der Waals surface area contributed by atoms with Gasteiger partial charge in [0.1, 0.15) is 5.75 Å². The Morgan fingerprint density at radius 2 is 1.90 bits per heavy atom. The number of hydrogen-bond acceptors (Lipinski definition) is 5. The average Bonchev–Trinajstić information content (AvgIpc) is 2.40. The fraction of sp³-hybridized carbons (Fsp3) is 0.214. The smallest absolute Gasteiger partial charge is 0.222 e. The number of sulfone groups is 1. The van der Waals surface area contributed by atoms with Gasteiger partial charge in [-0.2, -0.15) is 0 Å². The fourth-order valence-corrected chi connectivity index (χ4v) is 2.31. The first-order valence-corrected chi connectivity index (χ1v) is 7.83. The molecular formula is C14H15NO4S. The number of rotatable bonds is 4. The molecule has 0 saturated heterocycles. The van der Waals surface area contributed by atoms with Crippen molar-refractivity contribution < 1.29 is 18.3 Å². The van der Waals surface area contributed by atoms with Crippen LogP contribution in [-0.2, 0) is 16.4 Å². The van der Waals surface area contributed by atoms with E-state index in [1.807, 2.05) is 6.92 Å². The van der Waals surface area contributed by atoms with Crippen LogP contribution in [0.15, 0.2) is 41.4 Å². The van der Waals surface area contributed by atoms with Crippen LogP contribution in [0.5, 0.6) is 11.6 Å². The molecule has 0 aliphatic heterocycles. The van der Waals surface area contributed by atoms with E-state index in [0.717, 1.165) is 11.8 Å². The van der Waals surface area contributed by atoms with Gasteiger partial charge in [-0.3, -0.25) is 0 Å². The van der Waals surface area contributed by atoms with Gasteiger partial charge < -0.3 is 9.84 Å². The third-order valence-electron chi connectivity index (χ3n) is 2.74. The summed E-state index contributed by atoms with van der Waals surface area (Å²) in [6.45, 7) is 1.75. The number of nitrogens with zero attached hydrogens (tertiary/aromatic N) is 1. The Morgan fingerprint density at radius 3 is 2.40 bits per heavy atom. The molecular weight excluding hydrogens is 278 g/mol. The van der Waals surface area contributed by atoms with Crippen LogP contribution in [0.1, 0.15) is 11.1 Å². The van der Waals surface area contributed by atoms with E-state index < -0.39 is 9.84 Å². The van der Waals surface area contributed by atoms with E-state index in [9.17, 15) is 8.42 Å². The van der Waals surface area contributed by atoms with Crippen molar-refractivity contribution in [2.24, 2.45) is 0 Å². The molecule has 2 rings (SSSR count). The minimum atomic E-state index is -3.21. The molecule has 5 nitrogen and oxygen atoms in total. The Hall–Kier alpha value is -1.92. The summed E-state index contributed by atoms with van der Waals surface area (Å²) in [6.07, 6.45) is 2.69. The van der Waals surface area contributed by atoms with Gasteiger partial charge in [-0.05, 0) is 42.8 Å². The summed E-state index contributed by atoms with van der Waals surface area (Å²) in [5, 5.41) is 9.01. The van der Waals surface area contributed by atoms with Crippen molar-refractivity contribution in [1.29, 1.82) is 0 Å². The summed E-state index contributed by atoms with van der Waals surface area (Å²) in [6, 6.07) is 7.92. The second-order valence-electron chi connectivity index (χ2n) is 4.47. The van der Waals surface area contributed by atoms with Crippen LogP contribution in [0.4, 0.5) is 0 Å². The van der Waals surface area contributed by atoms with Gasteiger partial charge in [0.25, 0.3) is 0 Å². The molecule has 0 aliphatic rings. The van der Waals surface area contributed by atoms with Crippen molar-refractivity contribution in [3.8, 4) is 11.6 Å². The molecule has 2 aromatic rings. The van der Waals surface area contributed by atoms with Gasteiger partial charge in [0.2, 0.25) is 5.88 Å². The van der Waals surface area contributed by atoms with Crippen molar-refractivity contribution >= 4 is 9.84 Å². The maximum atomic E-state index is 11.4. The third kappa shape index (κ3) is 3.34. The zero-order valence-electron chi connectivity index (χ0n) is 11.2. The Labute approximate surface area is 117 Å². The highest BCUT2D eigenvalue weighted by Crippen LogP contribution is 2.24. The zero-order valence-corrected chi connectivity index (χ0v) is 12.0. The number of aromatic nitrogens is 1. The predicted octanol–water partition coefficient (Wildman–Crippen LogP) is 2.08. The monoisotopic (exact) mass is 293 g/mol. The van der Waals surface area contributed by atoms with Gasteiger partial charge in [0.05, 0.1) is 11.5 Å². The van der Waals surface area contributed by atoms with E-state index in [-0.39, 0.29) is 11.5 Å². The minimum Gasteiger partial charge on any atom is -0.439 e. The van der Waals surface area contributed by atoms with Crippen molar-refractivity contribution in [3.05, 3.63) is 47.7 Å². The van der Waals surface area contributed by atoms with Crippen molar-refractivity contribution in [2.75, 3.05) is 6.26 Å². The van der Waals surface area contributed by atoms with Crippen molar-refractivity contribution in [2.45, 2.75) is 18.4 Å².